The second-order valence-corrected chi connectivity index (χ2v) is 9.86. The fraction of sp³-hybridized carbons (Fsp3) is 0.600. The van der Waals surface area contributed by atoms with Crippen molar-refractivity contribution in [2.24, 2.45) is 0 Å². The predicted octanol–water partition coefficient (Wildman–Crippen LogP) is 0.606. The van der Waals surface area contributed by atoms with Gasteiger partial charge < -0.3 is 18.6 Å². The van der Waals surface area contributed by atoms with Gasteiger partial charge >= 0.3 is 14.2 Å². The highest BCUT2D eigenvalue weighted by atomic mass is 16.7. The molecule has 0 atom stereocenters. The van der Waals surface area contributed by atoms with Crippen LogP contribution in [0.5, 0.6) is 0 Å². The van der Waals surface area contributed by atoms with Gasteiger partial charge in [-0.05, 0) is 67.5 Å². The Morgan fingerprint density at radius 1 is 0.571 bits per heavy atom. The zero-order valence-electron chi connectivity index (χ0n) is 17.8. The summed E-state index contributed by atoms with van der Waals surface area (Å²) in [5.41, 5.74) is -1.98. The van der Waals surface area contributed by atoms with Crippen molar-refractivity contribution in [2.75, 3.05) is 0 Å². The van der Waals surface area contributed by atoms with Crippen molar-refractivity contribution >= 4 is 25.2 Å². The monoisotopic (exact) mass is 384 g/mol. The Morgan fingerprint density at radius 2 is 0.821 bits per heavy atom. The van der Waals surface area contributed by atoms with Gasteiger partial charge in [0.2, 0.25) is 0 Å². The van der Waals surface area contributed by atoms with E-state index in [4.69, 9.17) is 18.6 Å². The third kappa shape index (κ3) is 2.58. The smallest absolute Gasteiger partial charge is 0.399 e. The van der Waals surface area contributed by atoms with Crippen LogP contribution in [0.4, 0.5) is 0 Å². The van der Waals surface area contributed by atoms with Crippen molar-refractivity contribution in [1.82, 2.24) is 0 Å². The van der Waals surface area contributed by atoms with Gasteiger partial charge in [0.25, 0.3) is 0 Å². The van der Waals surface area contributed by atoms with Crippen LogP contribution in [-0.2, 0) is 18.6 Å². The average Bonchev–Trinajstić information content (AvgIpc) is 3.14. The zero-order valence-corrected chi connectivity index (χ0v) is 17.8. The van der Waals surface area contributed by atoms with Gasteiger partial charge in [-0.25, -0.2) is 0 Å². The van der Waals surface area contributed by atoms with Crippen LogP contribution in [-0.4, -0.2) is 36.6 Å². The molecule has 0 aromatic carbocycles. The van der Waals surface area contributed by atoms with E-state index in [1.165, 1.54) is 0 Å². The Labute approximate surface area is 165 Å². The van der Waals surface area contributed by atoms with Crippen LogP contribution < -0.4 is 21.8 Å². The van der Waals surface area contributed by atoms with Crippen molar-refractivity contribution in [2.45, 2.75) is 77.8 Å². The summed E-state index contributed by atoms with van der Waals surface area (Å²) in [6.45, 7) is 15.4. The molecule has 8 heteroatoms. The first-order valence-electron chi connectivity index (χ1n) is 9.65. The molecule has 0 bridgehead atoms. The molecule has 0 unspecified atom stereocenters. The minimum absolute atomic E-state index is 0.242. The molecule has 28 heavy (non-hydrogen) atoms. The maximum atomic E-state index is 13.0. The minimum atomic E-state index is -0.787. The summed E-state index contributed by atoms with van der Waals surface area (Å²) >= 11 is 0. The summed E-state index contributed by atoms with van der Waals surface area (Å²) in [5.74, 6) is 0. The molecular formula is C20H26B2O6. The largest absolute Gasteiger partial charge is 0.498 e. The number of rotatable bonds is 2. The standard InChI is InChI=1S/C20H26B2O6/c1-17(2)18(3,4)26-21(25-17)13-9-11-12(15(13)23)10-14(16(11)24)22-27-19(5,6)20(7,8)28-22/h9-10H,1-8H3. The van der Waals surface area contributed by atoms with Gasteiger partial charge in [0.05, 0.1) is 22.4 Å². The molecule has 0 aromatic heterocycles. The number of hydrogen-bond donors (Lipinski definition) is 0. The first-order valence-corrected chi connectivity index (χ1v) is 9.65. The Bertz CT molecular complexity index is 974. The van der Waals surface area contributed by atoms with Crippen molar-refractivity contribution in [3.63, 3.8) is 0 Å². The minimum Gasteiger partial charge on any atom is -0.399 e. The second-order valence-electron chi connectivity index (χ2n) is 9.86. The lowest BCUT2D eigenvalue weighted by atomic mass is 9.78. The molecule has 2 heterocycles. The lowest BCUT2D eigenvalue weighted by Crippen LogP contribution is -2.44. The van der Waals surface area contributed by atoms with Crippen LogP contribution in [0.2, 0.25) is 0 Å². The Morgan fingerprint density at radius 3 is 1.07 bits per heavy atom. The fourth-order valence-electron chi connectivity index (χ4n) is 3.57. The van der Waals surface area contributed by atoms with Gasteiger partial charge in [0.1, 0.15) is 0 Å². The SMILES string of the molecule is CC1(C)OB(c2cc3c(=O)c(B4OC(C)(C)C(C)(C)O4)cc=3c2=O)OC1(C)C. The van der Waals surface area contributed by atoms with Crippen LogP contribution in [0.1, 0.15) is 55.4 Å². The van der Waals surface area contributed by atoms with Gasteiger partial charge in [-0.1, -0.05) is 0 Å². The summed E-state index contributed by atoms with van der Waals surface area (Å²) in [7, 11) is -1.57. The molecule has 2 aliphatic carbocycles. The van der Waals surface area contributed by atoms with Crippen molar-refractivity contribution in [3.8, 4) is 0 Å². The van der Waals surface area contributed by atoms with E-state index in [0.29, 0.717) is 21.4 Å². The second kappa shape index (κ2) is 5.57. The summed E-state index contributed by atoms with van der Waals surface area (Å²) in [6.07, 6.45) is 0. The van der Waals surface area contributed by atoms with Crippen LogP contribution in [0.25, 0.3) is 0 Å². The molecule has 0 amide bonds. The summed E-state index contributed by atoms with van der Waals surface area (Å²) in [5, 5.41) is 0.721. The van der Waals surface area contributed by atoms with E-state index in [9.17, 15) is 9.59 Å². The highest BCUT2D eigenvalue weighted by Gasteiger charge is 2.54. The molecular weight excluding hydrogens is 358 g/mol. The molecule has 148 valence electrons. The molecule has 0 saturated carbocycles. The molecule has 2 fully saturated rings. The Hall–Kier alpha value is -1.47. The molecule has 0 spiro atoms. The molecule has 4 rings (SSSR count). The zero-order chi connectivity index (χ0) is 20.9. The van der Waals surface area contributed by atoms with E-state index in [2.05, 4.69) is 0 Å². The molecule has 2 aliphatic heterocycles. The normalized spacial score (nSPS) is 25.1. The summed E-state index contributed by atoms with van der Waals surface area (Å²) in [4.78, 5) is 26.0. The van der Waals surface area contributed by atoms with Crippen molar-refractivity contribution in [3.05, 3.63) is 43.0 Å². The third-order valence-electron chi connectivity index (χ3n) is 6.92. The third-order valence-corrected chi connectivity index (χ3v) is 6.92. The highest BCUT2D eigenvalue weighted by molar-refractivity contribution is 6.63. The van der Waals surface area contributed by atoms with Crippen LogP contribution in [0.15, 0.2) is 21.7 Å². The average molecular weight is 384 g/mol. The maximum Gasteiger partial charge on any atom is 0.498 e. The lowest BCUT2D eigenvalue weighted by molar-refractivity contribution is 0.00578. The molecule has 0 radical (unpaired) electrons. The van der Waals surface area contributed by atoms with E-state index in [1.807, 2.05) is 55.4 Å². The van der Waals surface area contributed by atoms with Crippen LogP contribution in [0.3, 0.4) is 0 Å². The van der Waals surface area contributed by atoms with Gasteiger partial charge in [-0.15, -0.1) is 0 Å². The van der Waals surface area contributed by atoms with E-state index < -0.39 is 36.6 Å². The van der Waals surface area contributed by atoms with E-state index in [0.717, 1.165) is 0 Å². The summed E-state index contributed by atoms with van der Waals surface area (Å²) in [6, 6.07) is 3.19. The van der Waals surface area contributed by atoms with Crippen LogP contribution >= 0.6 is 0 Å². The Kier molecular flexibility index (Phi) is 3.94. The maximum absolute atomic E-state index is 13.0. The molecule has 2 saturated heterocycles. The topological polar surface area (TPSA) is 71.1 Å². The molecule has 0 N–H and O–H groups in total. The van der Waals surface area contributed by atoms with Gasteiger partial charge in [0.15, 0.2) is 10.9 Å². The molecule has 0 aromatic rings. The fourth-order valence-corrected chi connectivity index (χ4v) is 3.57. The van der Waals surface area contributed by atoms with Crippen LogP contribution in [0, 0.1) is 10.4 Å². The van der Waals surface area contributed by atoms with Gasteiger partial charge in [0, 0.05) is 21.4 Å². The lowest BCUT2D eigenvalue weighted by Gasteiger charge is -2.32. The van der Waals surface area contributed by atoms with E-state index in [1.54, 1.807) is 12.1 Å². The quantitative estimate of drug-likeness (QED) is 0.707. The van der Waals surface area contributed by atoms with Crippen molar-refractivity contribution in [1.29, 1.82) is 0 Å². The highest BCUT2D eigenvalue weighted by Crippen LogP contribution is 2.37. The van der Waals surface area contributed by atoms with E-state index >= 15 is 0 Å². The molecule has 4 aliphatic rings. The van der Waals surface area contributed by atoms with Gasteiger partial charge in [-0.2, -0.15) is 0 Å². The van der Waals surface area contributed by atoms with Gasteiger partial charge in [-0.3, -0.25) is 9.59 Å². The summed E-state index contributed by atoms with van der Waals surface area (Å²) < 4.78 is 23.9. The van der Waals surface area contributed by atoms with Crippen molar-refractivity contribution < 1.29 is 18.6 Å². The predicted molar refractivity (Wildman–Crippen MR) is 108 cm³/mol. The first-order chi connectivity index (χ1) is 12.7. The molecule has 6 nitrogen and oxygen atoms in total. The number of hydrogen-bond acceptors (Lipinski definition) is 6. The van der Waals surface area contributed by atoms with E-state index in [-0.39, 0.29) is 10.9 Å². The first kappa shape index (κ1) is 19.8. The Balaban J connectivity index is 1.73.